The number of anilines is 1. The van der Waals surface area contributed by atoms with Crippen LogP contribution < -0.4 is 11.3 Å². The third kappa shape index (κ3) is 3.12. The van der Waals surface area contributed by atoms with Gasteiger partial charge in [0.2, 0.25) is 5.95 Å². The van der Waals surface area contributed by atoms with Crippen LogP contribution in [-0.2, 0) is 0 Å². The standard InChI is InChI=1S/C6H6N4O.2C2H6/c7-6-9-4-3(1-2-8-4)5(11)10-6;2*1-2/h1-2H,(H4,7,8,9,10,11);2*1-2H3. The van der Waals surface area contributed by atoms with E-state index in [9.17, 15) is 4.79 Å². The van der Waals surface area contributed by atoms with Crippen molar-refractivity contribution in [2.75, 3.05) is 5.73 Å². The normalized spacial score (nSPS) is 8.53. The van der Waals surface area contributed by atoms with Crippen molar-refractivity contribution in [2.45, 2.75) is 27.7 Å². The number of hydrogen-bond acceptors (Lipinski definition) is 3. The van der Waals surface area contributed by atoms with E-state index in [-0.39, 0.29) is 11.5 Å². The molecular formula is C10H18N4O. The van der Waals surface area contributed by atoms with Crippen molar-refractivity contribution in [3.8, 4) is 0 Å². The lowest BCUT2D eigenvalue weighted by molar-refractivity contribution is 1.18. The van der Waals surface area contributed by atoms with Crippen LogP contribution in [0.25, 0.3) is 11.0 Å². The molecule has 0 fully saturated rings. The van der Waals surface area contributed by atoms with Gasteiger partial charge in [-0.1, -0.05) is 27.7 Å². The van der Waals surface area contributed by atoms with E-state index in [1.807, 2.05) is 27.7 Å². The Hall–Kier alpha value is -1.78. The molecule has 0 aliphatic carbocycles. The summed E-state index contributed by atoms with van der Waals surface area (Å²) in [5.74, 6) is 0.130. The predicted octanol–water partition coefficient (Wildman–Crippen LogP) is 1.89. The number of H-pyrrole nitrogens is 2. The highest BCUT2D eigenvalue weighted by atomic mass is 16.1. The van der Waals surface area contributed by atoms with Gasteiger partial charge in [0.25, 0.3) is 5.56 Å². The Morgan fingerprint density at radius 2 is 1.87 bits per heavy atom. The molecule has 0 aliphatic rings. The number of hydrogen-bond donors (Lipinski definition) is 3. The highest BCUT2D eigenvalue weighted by molar-refractivity contribution is 5.74. The third-order valence-corrected chi connectivity index (χ3v) is 1.44. The summed E-state index contributed by atoms with van der Waals surface area (Å²) in [6.45, 7) is 8.00. The molecule has 0 spiro atoms. The first-order valence-electron chi connectivity index (χ1n) is 5.10. The molecule has 2 heterocycles. The van der Waals surface area contributed by atoms with E-state index in [2.05, 4.69) is 15.0 Å². The molecule has 0 bridgehead atoms. The molecule has 0 saturated heterocycles. The zero-order chi connectivity index (χ0) is 11.8. The summed E-state index contributed by atoms with van der Waals surface area (Å²) in [6.07, 6.45) is 1.65. The predicted molar refractivity (Wildman–Crippen MR) is 63.8 cm³/mol. The van der Waals surface area contributed by atoms with Crippen molar-refractivity contribution >= 4 is 17.0 Å². The zero-order valence-electron chi connectivity index (χ0n) is 9.59. The van der Waals surface area contributed by atoms with Gasteiger partial charge in [-0.3, -0.25) is 9.78 Å². The number of nitrogen functional groups attached to an aromatic ring is 1. The molecule has 2 aromatic rings. The van der Waals surface area contributed by atoms with Crippen LogP contribution in [0.1, 0.15) is 27.7 Å². The summed E-state index contributed by atoms with van der Waals surface area (Å²) < 4.78 is 0. The van der Waals surface area contributed by atoms with E-state index in [0.29, 0.717) is 11.0 Å². The van der Waals surface area contributed by atoms with E-state index in [1.54, 1.807) is 12.3 Å². The Morgan fingerprint density at radius 1 is 1.27 bits per heavy atom. The Morgan fingerprint density at radius 3 is 2.47 bits per heavy atom. The van der Waals surface area contributed by atoms with Crippen molar-refractivity contribution in [3.05, 3.63) is 22.6 Å². The van der Waals surface area contributed by atoms with Gasteiger partial charge in [0.15, 0.2) is 0 Å². The van der Waals surface area contributed by atoms with Crippen molar-refractivity contribution in [1.29, 1.82) is 0 Å². The average Bonchev–Trinajstić information content (AvgIpc) is 2.72. The summed E-state index contributed by atoms with van der Waals surface area (Å²) in [5, 5.41) is 0.527. The first kappa shape index (κ1) is 13.2. The van der Waals surface area contributed by atoms with Gasteiger partial charge in [-0.2, -0.15) is 4.98 Å². The number of rotatable bonds is 0. The van der Waals surface area contributed by atoms with Gasteiger partial charge in [-0.05, 0) is 6.07 Å². The van der Waals surface area contributed by atoms with Crippen LogP contribution >= 0.6 is 0 Å². The fourth-order valence-corrected chi connectivity index (χ4v) is 0.968. The molecule has 0 unspecified atom stereocenters. The lowest BCUT2D eigenvalue weighted by atomic mass is 10.4. The SMILES string of the molecule is CC.CC.Nc1nc2[nH]ccc2c(=O)[nH]1. The Kier molecular flexibility index (Phi) is 5.85. The molecule has 5 nitrogen and oxygen atoms in total. The maximum Gasteiger partial charge on any atom is 0.261 e. The highest BCUT2D eigenvalue weighted by Crippen LogP contribution is 2.02. The smallest absolute Gasteiger partial charge is 0.261 e. The van der Waals surface area contributed by atoms with Crippen LogP contribution in [-0.4, -0.2) is 15.0 Å². The van der Waals surface area contributed by atoms with Gasteiger partial charge >= 0.3 is 0 Å². The zero-order valence-corrected chi connectivity index (χ0v) is 9.59. The molecule has 0 saturated carbocycles. The second-order valence-corrected chi connectivity index (χ2v) is 2.19. The number of aromatic amines is 2. The molecule has 15 heavy (non-hydrogen) atoms. The summed E-state index contributed by atoms with van der Waals surface area (Å²) in [5.41, 5.74) is 5.60. The van der Waals surface area contributed by atoms with E-state index in [0.717, 1.165) is 0 Å². The highest BCUT2D eigenvalue weighted by Gasteiger charge is 2.00. The number of fused-ring (bicyclic) bond motifs is 1. The molecule has 0 aromatic carbocycles. The Balaban J connectivity index is 0.000000442. The van der Waals surface area contributed by atoms with E-state index in [4.69, 9.17) is 5.73 Å². The fourth-order valence-electron chi connectivity index (χ4n) is 0.968. The van der Waals surface area contributed by atoms with Gasteiger partial charge < -0.3 is 10.7 Å². The second-order valence-electron chi connectivity index (χ2n) is 2.19. The monoisotopic (exact) mass is 210 g/mol. The quantitative estimate of drug-likeness (QED) is 0.620. The van der Waals surface area contributed by atoms with Crippen LogP contribution in [0.2, 0.25) is 0 Å². The van der Waals surface area contributed by atoms with Gasteiger partial charge in [-0.15, -0.1) is 0 Å². The van der Waals surface area contributed by atoms with Crippen molar-refractivity contribution in [2.24, 2.45) is 0 Å². The molecule has 84 valence electrons. The van der Waals surface area contributed by atoms with Gasteiger partial charge in [0.05, 0.1) is 5.39 Å². The minimum Gasteiger partial charge on any atom is -0.369 e. The van der Waals surface area contributed by atoms with E-state index >= 15 is 0 Å². The van der Waals surface area contributed by atoms with E-state index in [1.165, 1.54) is 0 Å². The number of aromatic nitrogens is 3. The maximum atomic E-state index is 11.1. The number of nitrogens with two attached hydrogens (primary N) is 1. The Bertz CT molecular complexity index is 444. The average molecular weight is 210 g/mol. The molecule has 2 aromatic heterocycles. The lowest BCUT2D eigenvalue weighted by Crippen LogP contribution is -2.09. The summed E-state index contributed by atoms with van der Waals surface area (Å²) in [7, 11) is 0. The minimum absolute atomic E-state index is 0.130. The van der Waals surface area contributed by atoms with Crippen LogP contribution in [0.5, 0.6) is 0 Å². The Labute approximate surface area is 88.7 Å². The van der Waals surface area contributed by atoms with Crippen LogP contribution in [0, 0.1) is 0 Å². The summed E-state index contributed by atoms with van der Waals surface area (Å²) in [4.78, 5) is 20.1. The van der Waals surface area contributed by atoms with Crippen molar-refractivity contribution < 1.29 is 0 Å². The molecule has 0 aliphatic heterocycles. The van der Waals surface area contributed by atoms with Gasteiger partial charge in [-0.25, -0.2) is 0 Å². The molecule has 0 radical (unpaired) electrons. The molecule has 4 N–H and O–H groups in total. The summed E-state index contributed by atoms with van der Waals surface area (Å²) >= 11 is 0. The van der Waals surface area contributed by atoms with E-state index < -0.39 is 0 Å². The number of nitrogens with one attached hydrogen (secondary N) is 2. The van der Waals surface area contributed by atoms with Crippen molar-refractivity contribution in [3.63, 3.8) is 0 Å². The van der Waals surface area contributed by atoms with Crippen LogP contribution in [0.3, 0.4) is 0 Å². The molecule has 5 heteroatoms. The van der Waals surface area contributed by atoms with Crippen LogP contribution in [0.4, 0.5) is 5.95 Å². The molecule has 0 amide bonds. The molecular weight excluding hydrogens is 192 g/mol. The van der Waals surface area contributed by atoms with Gasteiger partial charge in [0, 0.05) is 6.20 Å². The third-order valence-electron chi connectivity index (χ3n) is 1.44. The maximum absolute atomic E-state index is 11.1. The van der Waals surface area contributed by atoms with Crippen LogP contribution in [0.15, 0.2) is 17.1 Å². The van der Waals surface area contributed by atoms with Gasteiger partial charge in [0.1, 0.15) is 5.65 Å². The minimum atomic E-state index is -0.214. The largest absolute Gasteiger partial charge is 0.369 e. The topological polar surface area (TPSA) is 87.6 Å². The first-order valence-corrected chi connectivity index (χ1v) is 5.10. The van der Waals surface area contributed by atoms with Crippen molar-refractivity contribution in [1.82, 2.24) is 15.0 Å². The molecule has 2 rings (SSSR count). The summed E-state index contributed by atoms with van der Waals surface area (Å²) in [6, 6.07) is 1.65. The fraction of sp³-hybridized carbons (Fsp3) is 0.400. The number of nitrogens with zero attached hydrogens (tertiary/aromatic N) is 1. The first-order chi connectivity index (χ1) is 7.27. The second kappa shape index (κ2) is 6.64. The lowest BCUT2D eigenvalue weighted by Gasteiger charge is -1.90. The molecule has 0 atom stereocenters.